The van der Waals surface area contributed by atoms with Gasteiger partial charge in [-0.25, -0.2) is 10.2 Å². The number of halogens is 1. The van der Waals surface area contributed by atoms with Crippen LogP contribution in [0.2, 0.25) is 0 Å². The maximum Gasteiger partial charge on any atom is 0.422 e. The van der Waals surface area contributed by atoms with Crippen molar-refractivity contribution in [2.24, 2.45) is 0 Å². The molecule has 0 saturated carbocycles. The van der Waals surface area contributed by atoms with E-state index in [0.29, 0.717) is 6.54 Å². The van der Waals surface area contributed by atoms with Gasteiger partial charge in [-0.1, -0.05) is 28.1 Å². The normalized spacial score (nSPS) is 11.1. The highest BCUT2D eigenvalue weighted by Crippen LogP contribution is 2.10. The molecule has 0 saturated heterocycles. The van der Waals surface area contributed by atoms with Crippen LogP contribution in [0.1, 0.15) is 26.3 Å². The van der Waals surface area contributed by atoms with Crippen molar-refractivity contribution in [1.29, 1.82) is 0 Å². The van der Waals surface area contributed by atoms with E-state index in [-0.39, 0.29) is 0 Å². The van der Waals surface area contributed by atoms with E-state index in [1.165, 1.54) is 0 Å². The summed E-state index contributed by atoms with van der Waals surface area (Å²) in [6, 6.07) is 7.83. The van der Waals surface area contributed by atoms with Crippen LogP contribution in [0, 0.1) is 0 Å². The van der Waals surface area contributed by atoms with Crippen LogP contribution in [-0.4, -0.2) is 11.7 Å². The summed E-state index contributed by atoms with van der Waals surface area (Å²) in [4.78, 5) is 11.3. The molecule has 1 aromatic rings. The number of ether oxygens (including phenoxy) is 1. The van der Waals surface area contributed by atoms with Crippen molar-refractivity contribution in [2.75, 3.05) is 0 Å². The van der Waals surface area contributed by atoms with E-state index in [4.69, 9.17) is 4.74 Å². The van der Waals surface area contributed by atoms with Gasteiger partial charge in [0.05, 0.1) is 0 Å². The quantitative estimate of drug-likeness (QED) is 0.844. The second-order valence-corrected chi connectivity index (χ2v) is 5.52. The summed E-state index contributed by atoms with van der Waals surface area (Å²) < 4.78 is 6.10. The summed E-state index contributed by atoms with van der Waals surface area (Å²) >= 11 is 3.36. The minimum Gasteiger partial charge on any atom is -0.443 e. The highest BCUT2D eigenvalue weighted by molar-refractivity contribution is 9.10. The lowest BCUT2D eigenvalue weighted by atomic mass is 10.2. The minimum absolute atomic E-state index is 0.477. The molecule has 0 aliphatic rings. The number of rotatable bonds is 3. The number of nitrogens with one attached hydrogen (secondary N) is 2. The van der Waals surface area contributed by atoms with E-state index < -0.39 is 11.7 Å². The molecule has 0 aromatic heterocycles. The molecule has 0 spiro atoms. The highest BCUT2D eigenvalue weighted by atomic mass is 79.9. The predicted molar refractivity (Wildman–Crippen MR) is 70.4 cm³/mol. The van der Waals surface area contributed by atoms with Crippen molar-refractivity contribution in [2.45, 2.75) is 32.9 Å². The average Bonchev–Trinajstić information content (AvgIpc) is 2.18. The topological polar surface area (TPSA) is 50.4 Å². The Balaban J connectivity index is 2.28. The van der Waals surface area contributed by atoms with Crippen molar-refractivity contribution in [1.82, 2.24) is 10.9 Å². The van der Waals surface area contributed by atoms with Crippen LogP contribution >= 0.6 is 15.9 Å². The molecule has 0 atom stereocenters. The fraction of sp³-hybridized carbons (Fsp3) is 0.417. The minimum atomic E-state index is -0.483. The molecule has 0 unspecified atom stereocenters. The molecule has 17 heavy (non-hydrogen) atoms. The van der Waals surface area contributed by atoms with Gasteiger partial charge >= 0.3 is 6.09 Å². The number of carbonyl (C=O) groups is 1. The Morgan fingerprint density at radius 3 is 2.41 bits per heavy atom. The average molecular weight is 301 g/mol. The Morgan fingerprint density at radius 2 is 1.88 bits per heavy atom. The van der Waals surface area contributed by atoms with Crippen molar-refractivity contribution in [3.63, 3.8) is 0 Å². The number of hydrazine groups is 1. The molecule has 94 valence electrons. The van der Waals surface area contributed by atoms with Crippen LogP contribution in [-0.2, 0) is 11.3 Å². The first-order chi connectivity index (χ1) is 7.87. The van der Waals surface area contributed by atoms with Gasteiger partial charge in [0.1, 0.15) is 5.60 Å². The standard InChI is InChI=1S/C12H17BrN2O2/c1-12(2,3)17-11(16)15-14-8-9-4-6-10(13)7-5-9/h4-7,14H,8H2,1-3H3,(H,15,16). The lowest BCUT2D eigenvalue weighted by molar-refractivity contribution is 0.0497. The molecule has 1 aromatic carbocycles. The molecule has 0 aliphatic carbocycles. The molecule has 0 aliphatic heterocycles. The Hall–Kier alpha value is -1.07. The van der Waals surface area contributed by atoms with E-state index in [2.05, 4.69) is 26.8 Å². The third-order valence-electron chi connectivity index (χ3n) is 1.80. The van der Waals surface area contributed by atoms with E-state index in [9.17, 15) is 4.79 Å². The van der Waals surface area contributed by atoms with E-state index in [0.717, 1.165) is 10.0 Å². The second-order valence-electron chi connectivity index (χ2n) is 4.61. The first-order valence-corrected chi connectivity index (χ1v) is 6.12. The van der Waals surface area contributed by atoms with Gasteiger partial charge < -0.3 is 4.74 Å². The smallest absolute Gasteiger partial charge is 0.422 e. The van der Waals surface area contributed by atoms with Gasteiger partial charge in [0.2, 0.25) is 0 Å². The molecule has 2 N–H and O–H groups in total. The Bertz CT molecular complexity index is 371. The van der Waals surface area contributed by atoms with Crippen LogP contribution in [0.25, 0.3) is 0 Å². The molecule has 4 nitrogen and oxygen atoms in total. The summed E-state index contributed by atoms with van der Waals surface area (Å²) in [6.07, 6.45) is -0.477. The number of hydrogen-bond acceptors (Lipinski definition) is 3. The van der Waals surface area contributed by atoms with Gasteiger partial charge in [-0.05, 0) is 38.5 Å². The monoisotopic (exact) mass is 300 g/mol. The maximum atomic E-state index is 11.3. The summed E-state index contributed by atoms with van der Waals surface area (Å²) in [7, 11) is 0. The first-order valence-electron chi connectivity index (χ1n) is 5.33. The molecular formula is C12H17BrN2O2. The zero-order valence-corrected chi connectivity index (χ0v) is 11.8. The van der Waals surface area contributed by atoms with Crippen LogP contribution in [0.15, 0.2) is 28.7 Å². The molecule has 0 fully saturated rings. The van der Waals surface area contributed by atoms with Gasteiger partial charge in [0, 0.05) is 11.0 Å². The maximum absolute atomic E-state index is 11.3. The molecule has 5 heteroatoms. The van der Waals surface area contributed by atoms with Crippen LogP contribution in [0.4, 0.5) is 4.79 Å². The third-order valence-corrected chi connectivity index (χ3v) is 2.32. The van der Waals surface area contributed by atoms with E-state index in [1.54, 1.807) is 0 Å². The van der Waals surface area contributed by atoms with E-state index >= 15 is 0 Å². The first kappa shape index (κ1) is 14.0. The summed E-state index contributed by atoms with van der Waals surface area (Å²) in [6.45, 7) is 6.01. The van der Waals surface area contributed by atoms with Crippen molar-refractivity contribution < 1.29 is 9.53 Å². The highest BCUT2D eigenvalue weighted by Gasteiger charge is 2.15. The Labute approximate surface area is 110 Å². The fourth-order valence-corrected chi connectivity index (χ4v) is 1.39. The number of benzene rings is 1. The lowest BCUT2D eigenvalue weighted by Crippen LogP contribution is -2.40. The largest absolute Gasteiger partial charge is 0.443 e. The molecule has 1 amide bonds. The van der Waals surface area contributed by atoms with Gasteiger partial charge in [-0.15, -0.1) is 0 Å². The molecule has 1 rings (SSSR count). The molecule has 0 radical (unpaired) electrons. The Morgan fingerprint density at radius 1 is 1.29 bits per heavy atom. The van der Waals surface area contributed by atoms with Crippen molar-refractivity contribution in [3.8, 4) is 0 Å². The zero-order valence-electron chi connectivity index (χ0n) is 10.2. The summed E-state index contributed by atoms with van der Waals surface area (Å²) in [5.74, 6) is 0. The van der Waals surface area contributed by atoms with Crippen LogP contribution in [0.3, 0.4) is 0 Å². The third kappa shape index (κ3) is 6.28. The van der Waals surface area contributed by atoms with Crippen LogP contribution in [0.5, 0.6) is 0 Å². The molecule has 0 bridgehead atoms. The van der Waals surface area contributed by atoms with Gasteiger partial charge in [0.15, 0.2) is 0 Å². The fourth-order valence-electron chi connectivity index (χ4n) is 1.12. The SMILES string of the molecule is CC(C)(C)OC(=O)NNCc1ccc(Br)cc1. The molecule has 0 heterocycles. The van der Waals surface area contributed by atoms with Gasteiger partial charge in [-0.2, -0.15) is 0 Å². The predicted octanol–water partition coefficient (Wildman–Crippen LogP) is 2.98. The van der Waals surface area contributed by atoms with Crippen molar-refractivity contribution in [3.05, 3.63) is 34.3 Å². The van der Waals surface area contributed by atoms with Gasteiger partial charge in [0.25, 0.3) is 0 Å². The second kappa shape index (κ2) is 6.02. The van der Waals surface area contributed by atoms with Crippen LogP contribution < -0.4 is 10.9 Å². The molecular weight excluding hydrogens is 284 g/mol. The summed E-state index contributed by atoms with van der Waals surface area (Å²) in [5, 5.41) is 0. The van der Waals surface area contributed by atoms with Crippen molar-refractivity contribution >= 4 is 22.0 Å². The van der Waals surface area contributed by atoms with Gasteiger partial charge in [-0.3, -0.25) is 5.43 Å². The lowest BCUT2D eigenvalue weighted by Gasteiger charge is -2.19. The number of hydrogen-bond donors (Lipinski definition) is 2. The Kier molecular flexibility index (Phi) is 4.96. The van der Waals surface area contributed by atoms with E-state index in [1.807, 2.05) is 45.0 Å². The number of amides is 1. The zero-order chi connectivity index (χ0) is 12.9. The summed E-state index contributed by atoms with van der Waals surface area (Å²) in [5.41, 5.74) is 5.87. The number of carbonyl (C=O) groups excluding carboxylic acids is 1.